The van der Waals surface area contributed by atoms with Gasteiger partial charge in [0.25, 0.3) is 6.43 Å². The Morgan fingerprint density at radius 1 is 0.947 bits per heavy atom. The van der Waals surface area contributed by atoms with Crippen LogP contribution in [-0.2, 0) is 6.61 Å². The normalized spacial score (nSPS) is 12.4. The Morgan fingerprint density at radius 2 is 1.58 bits per heavy atom. The molecule has 0 spiro atoms. The number of halogens is 2. The molecule has 2 aromatic rings. The summed E-state index contributed by atoms with van der Waals surface area (Å²) in [5.74, 6) is 0.633. The molecule has 0 aliphatic heterocycles. The van der Waals surface area contributed by atoms with E-state index in [4.69, 9.17) is 10.5 Å². The molecule has 0 aliphatic carbocycles. The summed E-state index contributed by atoms with van der Waals surface area (Å²) in [5, 5.41) is 0. The van der Waals surface area contributed by atoms with Crippen molar-refractivity contribution in [1.82, 2.24) is 0 Å². The van der Waals surface area contributed by atoms with Crippen LogP contribution in [0.1, 0.15) is 17.2 Å². The first-order valence-electron chi connectivity index (χ1n) is 5.97. The van der Waals surface area contributed by atoms with Crippen molar-refractivity contribution in [2.75, 3.05) is 0 Å². The van der Waals surface area contributed by atoms with Crippen molar-refractivity contribution in [3.05, 3.63) is 65.7 Å². The molecule has 100 valence electrons. The maximum atomic E-state index is 12.4. The van der Waals surface area contributed by atoms with E-state index in [-0.39, 0.29) is 0 Å². The van der Waals surface area contributed by atoms with Crippen LogP contribution in [0.3, 0.4) is 0 Å². The van der Waals surface area contributed by atoms with Crippen molar-refractivity contribution >= 4 is 0 Å². The van der Waals surface area contributed by atoms with Gasteiger partial charge in [0.1, 0.15) is 12.4 Å². The van der Waals surface area contributed by atoms with Crippen molar-refractivity contribution in [3.8, 4) is 5.75 Å². The number of hydrogen-bond acceptors (Lipinski definition) is 2. The molecule has 0 bridgehead atoms. The van der Waals surface area contributed by atoms with Gasteiger partial charge in [-0.25, -0.2) is 8.78 Å². The van der Waals surface area contributed by atoms with Crippen molar-refractivity contribution in [2.45, 2.75) is 19.1 Å². The molecule has 0 saturated heterocycles. The fraction of sp³-hybridized carbons (Fsp3) is 0.200. The van der Waals surface area contributed by atoms with Crippen LogP contribution in [0.2, 0.25) is 0 Å². The third-order valence-electron chi connectivity index (χ3n) is 2.78. The van der Waals surface area contributed by atoms with Gasteiger partial charge in [0.2, 0.25) is 0 Å². The summed E-state index contributed by atoms with van der Waals surface area (Å²) in [7, 11) is 0. The van der Waals surface area contributed by atoms with E-state index in [1.165, 1.54) is 0 Å². The van der Waals surface area contributed by atoms with Crippen LogP contribution in [0.4, 0.5) is 8.78 Å². The molecule has 0 saturated carbocycles. The zero-order valence-corrected chi connectivity index (χ0v) is 10.3. The summed E-state index contributed by atoms with van der Waals surface area (Å²) in [6.45, 7) is 0.446. The van der Waals surface area contributed by atoms with E-state index in [0.29, 0.717) is 17.9 Å². The zero-order chi connectivity index (χ0) is 13.7. The van der Waals surface area contributed by atoms with Crippen molar-refractivity contribution in [1.29, 1.82) is 0 Å². The Balaban J connectivity index is 1.96. The lowest BCUT2D eigenvalue weighted by molar-refractivity contribution is 0.116. The predicted octanol–water partition coefficient (Wildman–Crippen LogP) is 3.53. The van der Waals surface area contributed by atoms with Crippen LogP contribution in [0.15, 0.2) is 54.6 Å². The van der Waals surface area contributed by atoms with E-state index in [1.807, 2.05) is 30.3 Å². The minimum absolute atomic E-state index is 0.405. The Morgan fingerprint density at radius 3 is 2.16 bits per heavy atom. The first-order valence-corrected chi connectivity index (χ1v) is 5.97. The number of nitrogens with two attached hydrogens (primary N) is 1. The molecule has 0 aliphatic rings. The van der Waals surface area contributed by atoms with E-state index in [1.54, 1.807) is 24.3 Å². The van der Waals surface area contributed by atoms with Crippen LogP contribution < -0.4 is 10.5 Å². The molecule has 0 unspecified atom stereocenters. The van der Waals surface area contributed by atoms with E-state index >= 15 is 0 Å². The van der Waals surface area contributed by atoms with Gasteiger partial charge in [-0.15, -0.1) is 0 Å². The number of ether oxygens (including phenoxy) is 1. The van der Waals surface area contributed by atoms with Crippen LogP contribution in [0.5, 0.6) is 5.75 Å². The van der Waals surface area contributed by atoms with Gasteiger partial charge in [-0.05, 0) is 23.3 Å². The number of alkyl halides is 2. The molecule has 1 atom stereocenters. The highest BCUT2D eigenvalue weighted by Crippen LogP contribution is 2.21. The fourth-order valence-corrected chi connectivity index (χ4v) is 1.67. The van der Waals surface area contributed by atoms with Crippen LogP contribution in [0, 0.1) is 0 Å². The van der Waals surface area contributed by atoms with Crippen molar-refractivity contribution in [2.24, 2.45) is 5.73 Å². The summed E-state index contributed by atoms with van der Waals surface area (Å²) in [6, 6.07) is 14.9. The first-order chi connectivity index (χ1) is 9.16. The van der Waals surface area contributed by atoms with E-state index in [9.17, 15) is 8.78 Å². The third kappa shape index (κ3) is 3.76. The molecule has 0 aromatic heterocycles. The van der Waals surface area contributed by atoms with Gasteiger partial charge in [-0.3, -0.25) is 0 Å². The lowest BCUT2D eigenvalue weighted by atomic mass is 10.1. The number of benzene rings is 2. The molecule has 2 rings (SSSR count). The molecule has 4 heteroatoms. The lowest BCUT2D eigenvalue weighted by Gasteiger charge is -2.12. The Kier molecular flexibility index (Phi) is 4.47. The molecule has 0 amide bonds. The summed E-state index contributed by atoms with van der Waals surface area (Å²) < 4.78 is 30.4. The SMILES string of the molecule is N[C@H](c1ccc(OCc2ccccc2)cc1)C(F)F. The van der Waals surface area contributed by atoms with Crippen molar-refractivity contribution in [3.63, 3.8) is 0 Å². The summed E-state index contributed by atoms with van der Waals surface area (Å²) in [5.41, 5.74) is 6.82. The highest BCUT2D eigenvalue weighted by molar-refractivity contribution is 5.29. The number of hydrogen-bond donors (Lipinski definition) is 1. The highest BCUT2D eigenvalue weighted by Gasteiger charge is 2.16. The van der Waals surface area contributed by atoms with E-state index in [0.717, 1.165) is 5.56 Å². The molecule has 0 heterocycles. The van der Waals surface area contributed by atoms with Gasteiger partial charge in [0.15, 0.2) is 0 Å². The maximum Gasteiger partial charge on any atom is 0.257 e. The fourth-order valence-electron chi connectivity index (χ4n) is 1.67. The smallest absolute Gasteiger partial charge is 0.257 e. The Labute approximate surface area is 110 Å². The second-order valence-corrected chi connectivity index (χ2v) is 4.20. The third-order valence-corrected chi connectivity index (χ3v) is 2.78. The molecule has 0 fully saturated rings. The molecule has 2 N–H and O–H groups in total. The molecule has 19 heavy (non-hydrogen) atoms. The van der Waals surface area contributed by atoms with Gasteiger partial charge < -0.3 is 10.5 Å². The molecule has 2 nitrogen and oxygen atoms in total. The monoisotopic (exact) mass is 263 g/mol. The average Bonchev–Trinajstić information content (AvgIpc) is 2.46. The Bertz CT molecular complexity index is 499. The van der Waals surface area contributed by atoms with Crippen LogP contribution >= 0.6 is 0 Å². The first kappa shape index (κ1) is 13.5. The minimum atomic E-state index is -2.56. The summed E-state index contributed by atoms with van der Waals surface area (Å²) in [4.78, 5) is 0. The van der Waals surface area contributed by atoms with E-state index < -0.39 is 12.5 Å². The quantitative estimate of drug-likeness (QED) is 0.895. The standard InChI is InChI=1S/C15H15F2NO/c16-15(17)14(18)12-6-8-13(9-7-12)19-10-11-4-2-1-3-5-11/h1-9,14-15H,10,18H2/t14-/m1/s1. The largest absolute Gasteiger partial charge is 0.489 e. The van der Waals surface area contributed by atoms with Crippen LogP contribution in [0.25, 0.3) is 0 Å². The number of rotatable bonds is 5. The minimum Gasteiger partial charge on any atom is -0.489 e. The predicted molar refractivity (Wildman–Crippen MR) is 70.1 cm³/mol. The molecule has 2 aromatic carbocycles. The van der Waals surface area contributed by atoms with Crippen molar-refractivity contribution < 1.29 is 13.5 Å². The van der Waals surface area contributed by atoms with Gasteiger partial charge in [0, 0.05) is 0 Å². The highest BCUT2D eigenvalue weighted by atomic mass is 19.3. The second-order valence-electron chi connectivity index (χ2n) is 4.20. The Hall–Kier alpha value is -1.94. The summed E-state index contributed by atoms with van der Waals surface area (Å²) >= 11 is 0. The van der Waals surface area contributed by atoms with E-state index in [2.05, 4.69) is 0 Å². The topological polar surface area (TPSA) is 35.2 Å². The van der Waals surface area contributed by atoms with Gasteiger partial charge in [-0.1, -0.05) is 42.5 Å². The molecular weight excluding hydrogens is 248 g/mol. The summed E-state index contributed by atoms with van der Waals surface area (Å²) in [6.07, 6.45) is -2.56. The lowest BCUT2D eigenvalue weighted by Crippen LogP contribution is -2.18. The second kappa shape index (κ2) is 6.29. The molecule has 0 radical (unpaired) electrons. The van der Waals surface area contributed by atoms with Gasteiger partial charge in [-0.2, -0.15) is 0 Å². The zero-order valence-electron chi connectivity index (χ0n) is 10.3. The molecular formula is C15H15F2NO. The van der Waals surface area contributed by atoms with Gasteiger partial charge in [0.05, 0.1) is 6.04 Å². The van der Waals surface area contributed by atoms with Crippen LogP contribution in [-0.4, -0.2) is 6.43 Å². The average molecular weight is 263 g/mol. The maximum absolute atomic E-state index is 12.4. The van der Waals surface area contributed by atoms with Gasteiger partial charge >= 0.3 is 0 Å².